The molecule has 4 aliphatic carbocycles. The van der Waals surface area contributed by atoms with Crippen molar-refractivity contribution in [1.82, 2.24) is 0 Å². The van der Waals surface area contributed by atoms with Crippen LogP contribution < -0.4 is 0 Å². The fourth-order valence-corrected chi connectivity index (χ4v) is 9.84. The van der Waals surface area contributed by atoms with E-state index in [-0.39, 0.29) is 34.7 Å². The summed E-state index contributed by atoms with van der Waals surface area (Å²) in [6, 6.07) is 0. The van der Waals surface area contributed by atoms with Gasteiger partial charge in [0, 0.05) is 11.0 Å². The van der Waals surface area contributed by atoms with Gasteiger partial charge in [-0.2, -0.15) is 0 Å². The maximum absolute atomic E-state index is 12.4. The van der Waals surface area contributed by atoms with Crippen molar-refractivity contribution in [3.05, 3.63) is 11.6 Å². The number of carbonyl (C=O) groups is 1. The highest BCUT2D eigenvalue weighted by atomic mass is 16.7. The molecule has 0 aromatic rings. The lowest BCUT2D eigenvalue weighted by molar-refractivity contribution is -0.317. The Hall–Kier alpha value is -1.07. The molecule has 214 valence electrons. The molecule has 5 N–H and O–H groups in total. The van der Waals surface area contributed by atoms with Crippen LogP contribution in [0, 0.1) is 34.5 Å². The summed E-state index contributed by atoms with van der Waals surface area (Å²) >= 11 is 0. The molecule has 13 atom stereocenters. The molecule has 0 aromatic carbocycles. The zero-order valence-electron chi connectivity index (χ0n) is 22.5. The standard InChI is InChI=1S/C29H44O9/c1-27-9-5-16(37-26-24(33)23(32)22(31)21(14-30)38-26)13-15(27)3-4-20-19(27)6-10-28(2)18(7-11-29(20,28)35)17-8-12-36-25(17)34/h8,15-16,18-24,26,30-33,35H,3-7,9-14H2,1-2H3/t15?,16?,18?,19?,20?,21?,22?,23?,24?,26?,27-,28+,29-/m0/s1. The number of aliphatic hydroxyl groups excluding tert-OH is 4. The Kier molecular flexibility index (Phi) is 6.78. The maximum atomic E-state index is 12.4. The van der Waals surface area contributed by atoms with E-state index >= 15 is 0 Å². The van der Waals surface area contributed by atoms with Crippen LogP contribution >= 0.6 is 0 Å². The van der Waals surface area contributed by atoms with Gasteiger partial charge in [0.15, 0.2) is 6.29 Å². The van der Waals surface area contributed by atoms with E-state index in [0.717, 1.165) is 63.4 Å². The number of hydrogen-bond donors (Lipinski definition) is 5. The summed E-state index contributed by atoms with van der Waals surface area (Å²) < 4.78 is 17.0. The molecule has 0 aromatic heterocycles. The van der Waals surface area contributed by atoms with Gasteiger partial charge in [0.25, 0.3) is 0 Å². The summed E-state index contributed by atoms with van der Waals surface area (Å²) in [5.41, 5.74) is -0.274. The molecule has 5 fully saturated rings. The number of fused-ring (bicyclic) bond motifs is 5. The van der Waals surface area contributed by atoms with Crippen LogP contribution in [0.2, 0.25) is 0 Å². The van der Waals surface area contributed by atoms with E-state index in [1.54, 1.807) is 0 Å². The summed E-state index contributed by atoms with van der Waals surface area (Å²) in [6.07, 6.45) is 3.42. The Bertz CT molecular complexity index is 968. The van der Waals surface area contributed by atoms with Gasteiger partial charge in [-0.05, 0) is 93.0 Å². The SMILES string of the molecule is C[C@]12CCC(OC3OC(CO)C(O)C(O)C3O)CC1CCC1C2CC[C@]2(C)C(C3=CCOC3=O)CC[C@]12O. The molecule has 10 unspecified atom stereocenters. The number of hydrogen-bond acceptors (Lipinski definition) is 9. The molecule has 6 rings (SSSR count). The minimum atomic E-state index is -1.44. The fraction of sp³-hybridized carbons (Fsp3) is 0.897. The largest absolute Gasteiger partial charge is 0.458 e. The van der Waals surface area contributed by atoms with Gasteiger partial charge in [0.1, 0.15) is 31.0 Å². The van der Waals surface area contributed by atoms with Gasteiger partial charge < -0.3 is 39.7 Å². The molecule has 38 heavy (non-hydrogen) atoms. The Morgan fingerprint density at radius 2 is 1.76 bits per heavy atom. The van der Waals surface area contributed by atoms with Crippen molar-refractivity contribution in [2.75, 3.05) is 13.2 Å². The molecule has 4 saturated carbocycles. The van der Waals surface area contributed by atoms with Crippen molar-refractivity contribution in [3.63, 3.8) is 0 Å². The average molecular weight is 537 g/mol. The first-order valence-corrected chi connectivity index (χ1v) is 14.6. The van der Waals surface area contributed by atoms with E-state index in [0.29, 0.717) is 18.4 Å². The second-order valence-corrected chi connectivity index (χ2v) is 13.5. The van der Waals surface area contributed by atoms with E-state index in [1.165, 1.54) is 0 Å². The van der Waals surface area contributed by atoms with E-state index in [1.807, 2.05) is 6.08 Å². The summed E-state index contributed by atoms with van der Waals surface area (Å²) in [6.45, 7) is 4.46. The molecule has 2 aliphatic heterocycles. The quantitative estimate of drug-likeness (QED) is 0.266. The topological polar surface area (TPSA) is 146 Å². The van der Waals surface area contributed by atoms with Gasteiger partial charge in [-0.15, -0.1) is 0 Å². The first kappa shape index (κ1) is 27.1. The van der Waals surface area contributed by atoms with E-state index < -0.39 is 42.9 Å². The van der Waals surface area contributed by atoms with Gasteiger partial charge >= 0.3 is 5.97 Å². The average Bonchev–Trinajstić information content (AvgIpc) is 3.43. The Labute approximate surface area is 224 Å². The van der Waals surface area contributed by atoms with Crippen molar-refractivity contribution < 1.29 is 44.5 Å². The minimum absolute atomic E-state index is 0.0525. The number of ether oxygens (including phenoxy) is 3. The number of aliphatic hydroxyl groups is 5. The summed E-state index contributed by atoms with van der Waals surface area (Å²) in [5, 5.41) is 52.5. The van der Waals surface area contributed by atoms with Crippen molar-refractivity contribution in [3.8, 4) is 0 Å². The van der Waals surface area contributed by atoms with Gasteiger partial charge in [0.2, 0.25) is 0 Å². The number of carbonyl (C=O) groups excluding carboxylic acids is 1. The highest BCUT2D eigenvalue weighted by Gasteiger charge is 2.68. The lowest BCUT2D eigenvalue weighted by atomic mass is 9.43. The summed E-state index contributed by atoms with van der Waals surface area (Å²) in [4.78, 5) is 12.4. The second-order valence-electron chi connectivity index (χ2n) is 13.5. The van der Waals surface area contributed by atoms with Crippen molar-refractivity contribution in [2.24, 2.45) is 34.5 Å². The summed E-state index contributed by atoms with van der Waals surface area (Å²) in [5.74, 6) is 0.849. The minimum Gasteiger partial charge on any atom is -0.458 e. The monoisotopic (exact) mass is 536 g/mol. The predicted molar refractivity (Wildman–Crippen MR) is 134 cm³/mol. The van der Waals surface area contributed by atoms with Crippen LogP contribution in [-0.2, 0) is 19.0 Å². The lowest BCUT2D eigenvalue weighted by Crippen LogP contribution is -2.63. The normalized spacial score (nSPS) is 54.5. The molecular weight excluding hydrogens is 492 g/mol. The third-order valence-electron chi connectivity index (χ3n) is 12.1. The smallest absolute Gasteiger partial charge is 0.334 e. The molecule has 2 heterocycles. The fourth-order valence-electron chi connectivity index (χ4n) is 9.84. The van der Waals surface area contributed by atoms with E-state index in [9.17, 15) is 30.3 Å². The Morgan fingerprint density at radius 1 is 0.974 bits per heavy atom. The number of cyclic esters (lactones) is 1. The molecule has 0 spiro atoms. The zero-order chi connectivity index (χ0) is 27.0. The van der Waals surface area contributed by atoms with E-state index in [4.69, 9.17) is 14.2 Å². The van der Waals surface area contributed by atoms with Gasteiger partial charge in [-0.3, -0.25) is 0 Å². The van der Waals surface area contributed by atoms with Crippen LogP contribution in [0.5, 0.6) is 0 Å². The highest BCUT2D eigenvalue weighted by molar-refractivity contribution is 5.91. The molecule has 9 nitrogen and oxygen atoms in total. The third-order valence-corrected chi connectivity index (χ3v) is 12.1. The zero-order valence-corrected chi connectivity index (χ0v) is 22.5. The molecule has 1 saturated heterocycles. The number of rotatable bonds is 4. The first-order valence-electron chi connectivity index (χ1n) is 14.6. The van der Waals surface area contributed by atoms with Gasteiger partial charge in [-0.25, -0.2) is 4.79 Å². The van der Waals surface area contributed by atoms with Gasteiger partial charge in [-0.1, -0.05) is 13.8 Å². The molecule has 0 radical (unpaired) electrons. The molecule has 0 amide bonds. The maximum Gasteiger partial charge on any atom is 0.334 e. The Morgan fingerprint density at radius 3 is 2.47 bits per heavy atom. The number of esters is 1. The van der Waals surface area contributed by atoms with Crippen LogP contribution in [0.3, 0.4) is 0 Å². The molecule has 9 heteroatoms. The molecule has 6 aliphatic rings. The van der Waals surface area contributed by atoms with Crippen LogP contribution in [0.15, 0.2) is 11.6 Å². The third kappa shape index (κ3) is 3.80. The van der Waals surface area contributed by atoms with Crippen molar-refractivity contribution in [2.45, 2.75) is 114 Å². The van der Waals surface area contributed by atoms with Gasteiger partial charge in [0.05, 0.1) is 18.3 Å². The van der Waals surface area contributed by atoms with Crippen LogP contribution in [0.25, 0.3) is 0 Å². The lowest BCUT2D eigenvalue weighted by Gasteiger charge is -2.63. The Balaban J connectivity index is 1.16. The highest BCUT2D eigenvalue weighted by Crippen LogP contribution is 2.70. The second kappa shape index (κ2) is 9.50. The van der Waals surface area contributed by atoms with E-state index in [2.05, 4.69) is 13.8 Å². The van der Waals surface area contributed by atoms with Crippen LogP contribution in [-0.4, -0.2) is 87.1 Å². The molecule has 0 bridgehead atoms. The van der Waals surface area contributed by atoms with Crippen LogP contribution in [0.4, 0.5) is 0 Å². The molecular formula is C29H44O9. The summed E-state index contributed by atoms with van der Waals surface area (Å²) in [7, 11) is 0. The van der Waals surface area contributed by atoms with Crippen molar-refractivity contribution in [1.29, 1.82) is 0 Å². The predicted octanol–water partition coefficient (Wildman–Crippen LogP) is 1.43. The van der Waals surface area contributed by atoms with Crippen molar-refractivity contribution >= 4 is 5.97 Å². The van der Waals surface area contributed by atoms with Crippen LogP contribution in [0.1, 0.15) is 71.6 Å². The first-order chi connectivity index (χ1) is 18.0.